The van der Waals surface area contributed by atoms with Crippen LogP contribution in [0.3, 0.4) is 0 Å². The maximum Gasteiger partial charge on any atom is 0.346 e. The van der Waals surface area contributed by atoms with Crippen molar-refractivity contribution in [3.63, 3.8) is 0 Å². The van der Waals surface area contributed by atoms with Crippen LogP contribution in [0, 0.1) is 0 Å². The summed E-state index contributed by atoms with van der Waals surface area (Å²) in [5.41, 5.74) is 4.87. The lowest BCUT2D eigenvalue weighted by Gasteiger charge is -2.03. The second-order valence-electron chi connectivity index (χ2n) is 2.72. The third-order valence-electron chi connectivity index (χ3n) is 1.53. The van der Waals surface area contributed by atoms with Crippen LogP contribution < -0.4 is 10.5 Å². The standard InChI is InChI=1S/C8H10N2O6/c1-4(11)14-2-3-15-7-5(8(12)13)6(9)16-10-7/h2-3,9H2,1H3,(H,12,13). The van der Waals surface area contributed by atoms with Crippen LogP contribution in [0.2, 0.25) is 0 Å². The van der Waals surface area contributed by atoms with E-state index in [0.717, 1.165) is 0 Å². The first kappa shape index (κ1) is 11.8. The van der Waals surface area contributed by atoms with Gasteiger partial charge in [0.2, 0.25) is 5.88 Å². The summed E-state index contributed by atoms with van der Waals surface area (Å²) in [5, 5.41) is 12.0. The summed E-state index contributed by atoms with van der Waals surface area (Å²) in [5.74, 6) is -2.34. The number of rotatable bonds is 5. The molecule has 1 aromatic rings. The van der Waals surface area contributed by atoms with Crippen molar-refractivity contribution < 1.29 is 28.7 Å². The predicted molar refractivity (Wildman–Crippen MR) is 50.0 cm³/mol. The van der Waals surface area contributed by atoms with Crippen LogP contribution in [0.15, 0.2) is 4.52 Å². The normalized spacial score (nSPS) is 9.81. The van der Waals surface area contributed by atoms with Gasteiger partial charge in [0.1, 0.15) is 13.2 Å². The molecule has 16 heavy (non-hydrogen) atoms. The van der Waals surface area contributed by atoms with Crippen molar-refractivity contribution in [2.75, 3.05) is 18.9 Å². The van der Waals surface area contributed by atoms with Crippen LogP contribution in [0.25, 0.3) is 0 Å². The Hall–Kier alpha value is -2.25. The fraction of sp³-hybridized carbons (Fsp3) is 0.375. The van der Waals surface area contributed by atoms with E-state index >= 15 is 0 Å². The highest BCUT2D eigenvalue weighted by molar-refractivity contribution is 5.94. The van der Waals surface area contributed by atoms with Gasteiger partial charge in [0.25, 0.3) is 5.88 Å². The highest BCUT2D eigenvalue weighted by atomic mass is 16.6. The van der Waals surface area contributed by atoms with Crippen LogP contribution >= 0.6 is 0 Å². The minimum absolute atomic E-state index is 0.0127. The van der Waals surface area contributed by atoms with Crippen molar-refractivity contribution in [2.24, 2.45) is 0 Å². The van der Waals surface area contributed by atoms with E-state index in [2.05, 4.69) is 14.4 Å². The van der Waals surface area contributed by atoms with E-state index in [9.17, 15) is 9.59 Å². The fourth-order valence-corrected chi connectivity index (χ4v) is 0.906. The predicted octanol–water partition coefficient (Wildman–Crippen LogP) is -0.103. The Morgan fingerprint density at radius 2 is 2.19 bits per heavy atom. The number of nitrogen functional groups attached to an aromatic ring is 1. The summed E-state index contributed by atoms with van der Waals surface area (Å²) in [6, 6.07) is 0. The lowest BCUT2D eigenvalue weighted by atomic mass is 10.3. The summed E-state index contributed by atoms with van der Waals surface area (Å²) < 4.78 is 13.9. The van der Waals surface area contributed by atoms with Crippen molar-refractivity contribution in [3.05, 3.63) is 5.56 Å². The first-order valence-electron chi connectivity index (χ1n) is 4.27. The summed E-state index contributed by atoms with van der Waals surface area (Å²) in [4.78, 5) is 21.1. The van der Waals surface area contributed by atoms with Crippen molar-refractivity contribution >= 4 is 17.8 Å². The van der Waals surface area contributed by atoms with Crippen LogP contribution in [0.4, 0.5) is 5.88 Å². The summed E-state index contributed by atoms with van der Waals surface area (Å²) in [7, 11) is 0. The quantitative estimate of drug-likeness (QED) is 0.530. The Labute approximate surface area is 89.9 Å². The number of aromatic carboxylic acids is 1. The van der Waals surface area contributed by atoms with Gasteiger partial charge in [-0.2, -0.15) is 0 Å². The van der Waals surface area contributed by atoms with Gasteiger partial charge in [-0.15, -0.1) is 0 Å². The maximum atomic E-state index is 10.7. The Morgan fingerprint density at radius 1 is 1.50 bits per heavy atom. The summed E-state index contributed by atoms with van der Waals surface area (Å²) >= 11 is 0. The number of carboxylic acids is 1. The Bertz CT molecular complexity index is 399. The first-order valence-corrected chi connectivity index (χ1v) is 4.27. The molecule has 0 bridgehead atoms. The van der Waals surface area contributed by atoms with Crippen molar-refractivity contribution in [1.29, 1.82) is 0 Å². The van der Waals surface area contributed by atoms with E-state index in [1.54, 1.807) is 0 Å². The largest absolute Gasteiger partial charge is 0.477 e. The van der Waals surface area contributed by atoms with Crippen LogP contribution in [-0.4, -0.2) is 35.4 Å². The molecule has 0 radical (unpaired) electrons. The molecule has 0 aliphatic carbocycles. The minimum atomic E-state index is -1.30. The molecule has 0 unspecified atom stereocenters. The lowest BCUT2D eigenvalue weighted by Crippen LogP contribution is -2.11. The number of anilines is 1. The highest BCUT2D eigenvalue weighted by Gasteiger charge is 2.21. The van der Waals surface area contributed by atoms with Gasteiger partial charge in [0, 0.05) is 6.92 Å². The number of nitrogens with two attached hydrogens (primary N) is 1. The van der Waals surface area contributed by atoms with Gasteiger partial charge in [-0.1, -0.05) is 0 Å². The fourth-order valence-electron chi connectivity index (χ4n) is 0.906. The topological polar surface area (TPSA) is 125 Å². The van der Waals surface area contributed by atoms with Crippen LogP contribution in [-0.2, 0) is 9.53 Å². The van der Waals surface area contributed by atoms with Gasteiger partial charge in [-0.25, -0.2) is 4.79 Å². The van der Waals surface area contributed by atoms with E-state index in [0.29, 0.717) is 0 Å². The molecular weight excluding hydrogens is 220 g/mol. The van der Waals surface area contributed by atoms with E-state index < -0.39 is 11.9 Å². The van der Waals surface area contributed by atoms with E-state index in [4.69, 9.17) is 15.6 Å². The van der Waals surface area contributed by atoms with E-state index in [1.807, 2.05) is 0 Å². The maximum absolute atomic E-state index is 10.7. The van der Waals surface area contributed by atoms with Gasteiger partial charge in [0.05, 0.1) is 0 Å². The number of hydrogen-bond acceptors (Lipinski definition) is 7. The molecule has 0 saturated carbocycles. The molecule has 3 N–H and O–H groups in total. The molecule has 8 nitrogen and oxygen atoms in total. The Balaban J connectivity index is 2.54. The second-order valence-corrected chi connectivity index (χ2v) is 2.72. The Kier molecular flexibility index (Phi) is 3.70. The number of carboxylic acid groups (broad SMARTS) is 1. The zero-order valence-corrected chi connectivity index (χ0v) is 8.43. The zero-order valence-electron chi connectivity index (χ0n) is 8.43. The molecule has 1 rings (SSSR count). The molecule has 0 fully saturated rings. The van der Waals surface area contributed by atoms with E-state index in [1.165, 1.54) is 6.92 Å². The number of ether oxygens (including phenoxy) is 2. The number of nitrogens with zero attached hydrogens (tertiary/aromatic N) is 1. The lowest BCUT2D eigenvalue weighted by molar-refractivity contribution is -0.141. The second kappa shape index (κ2) is 5.01. The highest BCUT2D eigenvalue weighted by Crippen LogP contribution is 2.22. The minimum Gasteiger partial charge on any atom is -0.477 e. The number of carbonyl (C=O) groups is 2. The number of hydrogen-bond donors (Lipinski definition) is 2. The average Bonchev–Trinajstić information content (AvgIpc) is 2.54. The monoisotopic (exact) mass is 230 g/mol. The first-order chi connectivity index (χ1) is 7.52. The number of carbonyl (C=O) groups excluding carboxylic acids is 1. The summed E-state index contributed by atoms with van der Waals surface area (Å²) in [6.45, 7) is 1.20. The number of aromatic nitrogens is 1. The molecule has 0 aromatic carbocycles. The molecule has 0 aliphatic heterocycles. The SMILES string of the molecule is CC(=O)OCCOc1noc(N)c1C(=O)O. The van der Waals surface area contributed by atoms with Gasteiger partial charge in [-0.3, -0.25) is 4.79 Å². The smallest absolute Gasteiger partial charge is 0.346 e. The molecule has 0 saturated heterocycles. The van der Waals surface area contributed by atoms with Crippen LogP contribution in [0.1, 0.15) is 17.3 Å². The zero-order chi connectivity index (χ0) is 12.1. The molecule has 88 valence electrons. The summed E-state index contributed by atoms with van der Waals surface area (Å²) in [6.07, 6.45) is 0. The number of esters is 1. The molecule has 1 heterocycles. The van der Waals surface area contributed by atoms with Gasteiger partial charge in [0.15, 0.2) is 5.56 Å². The third kappa shape index (κ3) is 2.87. The van der Waals surface area contributed by atoms with Crippen molar-refractivity contribution in [2.45, 2.75) is 6.92 Å². The van der Waals surface area contributed by atoms with Crippen molar-refractivity contribution in [3.8, 4) is 5.88 Å². The van der Waals surface area contributed by atoms with Crippen LogP contribution in [0.5, 0.6) is 5.88 Å². The molecule has 0 atom stereocenters. The third-order valence-corrected chi connectivity index (χ3v) is 1.53. The van der Waals surface area contributed by atoms with Gasteiger partial charge in [-0.05, 0) is 5.16 Å². The molecule has 0 aliphatic rings. The molecule has 0 spiro atoms. The average molecular weight is 230 g/mol. The molecular formula is C8H10N2O6. The van der Waals surface area contributed by atoms with Gasteiger partial charge >= 0.3 is 11.9 Å². The van der Waals surface area contributed by atoms with Gasteiger partial charge < -0.3 is 24.8 Å². The Morgan fingerprint density at radius 3 is 2.75 bits per heavy atom. The van der Waals surface area contributed by atoms with Crippen molar-refractivity contribution in [1.82, 2.24) is 5.16 Å². The molecule has 1 aromatic heterocycles. The van der Waals surface area contributed by atoms with E-state index in [-0.39, 0.29) is 30.5 Å². The molecule has 0 amide bonds. The molecule has 8 heteroatoms.